The molecule has 2 aliphatic rings. The second-order valence-electron chi connectivity index (χ2n) is 6.97. The summed E-state index contributed by atoms with van der Waals surface area (Å²) in [6.07, 6.45) is 4.39. The molecule has 2 bridgehead atoms. The van der Waals surface area contributed by atoms with Crippen molar-refractivity contribution in [3.05, 3.63) is 12.7 Å². The molecular formula is C16H25NO3. The van der Waals surface area contributed by atoms with E-state index in [-0.39, 0.29) is 28.8 Å². The van der Waals surface area contributed by atoms with Crippen molar-refractivity contribution in [3.8, 4) is 0 Å². The van der Waals surface area contributed by atoms with E-state index >= 15 is 0 Å². The van der Waals surface area contributed by atoms with Crippen molar-refractivity contribution in [2.75, 3.05) is 0 Å². The lowest BCUT2D eigenvalue weighted by Gasteiger charge is -2.38. The lowest BCUT2D eigenvalue weighted by atomic mass is 9.70. The largest absolute Gasteiger partial charge is 0.460 e. The zero-order chi connectivity index (χ0) is 15.1. The van der Waals surface area contributed by atoms with Crippen molar-refractivity contribution in [3.63, 3.8) is 0 Å². The van der Waals surface area contributed by atoms with E-state index in [1.165, 1.54) is 6.42 Å². The van der Waals surface area contributed by atoms with Crippen LogP contribution in [-0.2, 0) is 14.3 Å². The smallest absolute Gasteiger partial charge is 0.328 e. The van der Waals surface area contributed by atoms with Gasteiger partial charge in [-0.05, 0) is 43.6 Å². The number of nitrogens with one attached hydrogen (secondary N) is 1. The van der Waals surface area contributed by atoms with Gasteiger partial charge in [0.15, 0.2) is 0 Å². The van der Waals surface area contributed by atoms with Gasteiger partial charge in [-0.25, -0.2) is 4.79 Å². The Hall–Kier alpha value is -1.32. The molecule has 20 heavy (non-hydrogen) atoms. The van der Waals surface area contributed by atoms with Crippen molar-refractivity contribution in [1.82, 2.24) is 5.32 Å². The Balaban J connectivity index is 2.00. The van der Waals surface area contributed by atoms with Crippen LogP contribution in [0.5, 0.6) is 0 Å². The number of hydrogen-bond acceptors (Lipinski definition) is 3. The maximum Gasteiger partial charge on any atom is 0.328 e. The number of hydrogen-bond donors (Lipinski definition) is 1. The monoisotopic (exact) mass is 279 g/mol. The summed E-state index contributed by atoms with van der Waals surface area (Å²) in [5, 5.41) is 2.55. The first-order valence-electron chi connectivity index (χ1n) is 7.36. The number of amides is 1. The van der Waals surface area contributed by atoms with Gasteiger partial charge in [0.2, 0.25) is 5.91 Å². The minimum absolute atomic E-state index is 0.0353. The summed E-state index contributed by atoms with van der Waals surface area (Å²) in [7, 11) is 0. The fourth-order valence-electron chi connectivity index (χ4n) is 3.88. The number of esters is 1. The molecule has 0 heterocycles. The molecular weight excluding hydrogens is 254 g/mol. The molecule has 0 aromatic heterocycles. The van der Waals surface area contributed by atoms with Gasteiger partial charge in [0.25, 0.3) is 0 Å². The topological polar surface area (TPSA) is 55.4 Å². The van der Waals surface area contributed by atoms with Gasteiger partial charge in [0.05, 0.1) is 0 Å². The van der Waals surface area contributed by atoms with Crippen LogP contribution in [0.2, 0.25) is 0 Å². The van der Waals surface area contributed by atoms with Crippen LogP contribution in [0.25, 0.3) is 0 Å². The standard InChI is InChI=1S/C16H25NO3/c1-6-13(18)17-10(2)14(19)20-12-9-11-7-8-16(12,5)15(11,3)4/h6,10-12H,1,7-9H2,2-5H3,(H,17,18)/t10-,11?,12?,16?/m0/s1. The predicted octanol–water partition coefficient (Wildman–Crippen LogP) is 2.44. The Morgan fingerprint density at radius 2 is 2.05 bits per heavy atom. The fourth-order valence-corrected chi connectivity index (χ4v) is 3.88. The fraction of sp³-hybridized carbons (Fsp3) is 0.750. The average Bonchev–Trinajstić information content (AvgIpc) is 2.71. The van der Waals surface area contributed by atoms with Gasteiger partial charge >= 0.3 is 5.97 Å². The van der Waals surface area contributed by atoms with Gasteiger partial charge < -0.3 is 10.1 Å². The minimum atomic E-state index is -0.633. The number of ether oxygens (including phenoxy) is 1. The first-order valence-corrected chi connectivity index (χ1v) is 7.36. The predicted molar refractivity (Wildman–Crippen MR) is 76.9 cm³/mol. The lowest BCUT2D eigenvalue weighted by molar-refractivity contribution is -0.159. The molecule has 0 saturated heterocycles. The number of fused-ring (bicyclic) bond motifs is 2. The molecule has 0 spiro atoms. The van der Waals surface area contributed by atoms with Crippen LogP contribution in [0.3, 0.4) is 0 Å². The Labute approximate surface area is 120 Å². The Kier molecular flexibility index (Phi) is 3.69. The third-order valence-corrected chi connectivity index (χ3v) is 5.87. The second-order valence-corrected chi connectivity index (χ2v) is 6.97. The molecule has 4 atom stereocenters. The van der Waals surface area contributed by atoms with E-state index in [1.807, 2.05) is 0 Å². The highest BCUT2D eigenvalue weighted by Gasteiger charge is 2.62. The van der Waals surface area contributed by atoms with E-state index < -0.39 is 6.04 Å². The molecule has 2 saturated carbocycles. The molecule has 3 unspecified atom stereocenters. The molecule has 4 heteroatoms. The molecule has 4 nitrogen and oxygen atoms in total. The van der Waals surface area contributed by atoms with Gasteiger partial charge in [-0.2, -0.15) is 0 Å². The highest BCUT2D eigenvalue weighted by Crippen LogP contribution is 2.66. The third kappa shape index (κ3) is 2.15. The SMILES string of the molecule is C=CC(=O)N[C@@H](C)C(=O)OC1CC2CCC1(C)C2(C)C. The molecule has 2 rings (SSSR count). The van der Waals surface area contributed by atoms with Crippen LogP contribution < -0.4 is 5.32 Å². The second kappa shape index (κ2) is 4.90. The highest BCUT2D eigenvalue weighted by atomic mass is 16.5. The molecule has 2 fully saturated rings. The van der Waals surface area contributed by atoms with Crippen LogP contribution >= 0.6 is 0 Å². The first-order chi connectivity index (χ1) is 9.22. The summed E-state index contributed by atoms with van der Waals surface area (Å²) in [4.78, 5) is 23.3. The molecule has 1 amide bonds. The molecule has 0 radical (unpaired) electrons. The van der Waals surface area contributed by atoms with E-state index in [1.54, 1.807) is 6.92 Å². The zero-order valence-electron chi connectivity index (χ0n) is 12.9. The normalized spacial score (nSPS) is 35.4. The van der Waals surface area contributed by atoms with E-state index in [0.29, 0.717) is 5.92 Å². The minimum Gasteiger partial charge on any atom is -0.460 e. The lowest BCUT2D eigenvalue weighted by Crippen LogP contribution is -2.44. The highest BCUT2D eigenvalue weighted by molar-refractivity contribution is 5.90. The summed E-state index contributed by atoms with van der Waals surface area (Å²) in [5.74, 6) is -0.0768. The summed E-state index contributed by atoms with van der Waals surface area (Å²) in [6, 6.07) is -0.633. The number of carbonyl (C=O) groups excluding carboxylic acids is 2. The average molecular weight is 279 g/mol. The summed E-state index contributed by atoms with van der Waals surface area (Å²) in [6.45, 7) is 11.8. The molecule has 0 aromatic carbocycles. The third-order valence-electron chi connectivity index (χ3n) is 5.87. The molecule has 2 aliphatic carbocycles. The summed E-state index contributed by atoms with van der Waals surface area (Å²) < 4.78 is 5.70. The summed E-state index contributed by atoms with van der Waals surface area (Å²) in [5.41, 5.74) is 0.265. The van der Waals surface area contributed by atoms with Gasteiger partial charge in [-0.1, -0.05) is 27.4 Å². The Bertz CT molecular complexity index is 443. The quantitative estimate of drug-likeness (QED) is 0.635. The molecule has 0 aliphatic heterocycles. The van der Waals surface area contributed by atoms with Crippen LogP contribution in [0.4, 0.5) is 0 Å². The van der Waals surface area contributed by atoms with Gasteiger partial charge in [0, 0.05) is 5.41 Å². The van der Waals surface area contributed by atoms with E-state index in [2.05, 4.69) is 32.7 Å². The van der Waals surface area contributed by atoms with Crippen molar-refractivity contribution in [1.29, 1.82) is 0 Å². The maximum atomic E-state index is 12.1. The molecule has 1 N–H and O–H groups in total. The van der Waals surface area contributed by atoms with Crippen LogP contribution in [0.15, 0.2) is 12.7 Å². The van der Waals surface area contributed by atoms with Crippen molar-refractivity contribution >= 4 is 11.9 Å². The zero-order valence-corrected chi connectivity index (χ0v) is 12.9. The van der Waals surface area contributed by atoms with E-state index in [0.717, 1.165) is 18.9 Å². The van der Waals surface area contributed by atoms with E-state index in [9.17, 15) is 9.59 Å². The first kappa shape index (κ1) is 15.1. The van der Waals surface area contributed by atoms with Crippen molar-refractivity contribution in [2.45, 2.75) is 59.1 Å². The van der Waals surface area contributed by atoms with Gasteiger partial charge in [-0.15, -0.1) is 0 Å². The van der Waals surface area contributed by atoms with Gasteiger partial charge in [0.1, 0.15) is 12.1 Å². The van der Waals surface area contributed by atoms with Gasteiger partial charge in [-0.3, -0.25) is 4.79 Å². The van der Waals surface area contributed by atoms with Crippen LogP contribution in [0, 0.1) is 16.7 Å². The molecule has 0 aromatic rings. The van der Waals surface area contributed by atoms with Crippen molar-refractivity contribution in [2.24, 2.45) is 16.7 Å². The summed E-state index contributed by atoms with van der Waals surface area (Å²) >= 11 is 0. The molecule has 112 valence electrons. The number of carbonyl (C=O) groups is 2. The maximum absolute atomic E-state index is 12.1. The van der Waals surface area contributed by atoms with Crippen LogP contribution in [0.1, 0.15) is 47.0 Å². The van der Waals surface area contributed by atoms with E-state index in [4.69, 9.17) is 4.74 Å². The number of rotatable bonds is 4. The Morgan fingerprint density at radius 1 is 1.40 bits per heavy atom. The van der Waals surface area contributed by atoms with Crippen molar-refractivity contribution < 1.29 is 14.3 Å². The Morgan fingerprint density at radius 3 is 2.50 bits per heavy atom. The van der Waals surface area contributed by atoms with Crippen LogP contribution in [-0.4, -0.2) is 24.0 Å².